The maximum Gasteiger partial charge on any atom is 0.130 e. The van der Waals surface area contributed by atoms with Crippen molar-refractivity contribution in [2.24, 2.45) is 0 Å². The highest BCUT2D eigenvalue weighted by Gasteiger charge is 2.12. The minimum absolute atomic E-state index is 0.0676. The SMILES string of the molecule is Cc1nc(NC(C)c2cccc(OCCCN3CCOCC3)c2)cc(-c2ccc3ncsc3c2)n1. The molecule has 1 aliphatic rings. The molecule has 0 radical (unpaired) electrons. The number of ether oxygens (including phenoxy) is 2. The number of hydrogen-bond acceptors (Lipinski definition) is 8. The highest BCUT2D eigenvalue weighted by atomic mass is 32.1. The lowest BCUT2D eigenvalue weighted by molar-refractivity contribution is 0.0358. The van der Waals surface area contributed by atoms with Crippen molar-refractivity contribution < 1.29 is 9.47 Å². The molecular weight excluding hydrogens is 458 g/mol. The number of rotatable bonds is 9. The summed E-state index contributed by atoms with van der Waals surface area (Å²) in [5.41, 5.74) is 6.01. The van der Waals surface area contributed by atoms with Gasteiger partial charge in [-0.25, -0.2) is 15.0 Å². The second kappa shape index (κ2) is 11.1. The Morgan fingerprint density at radius 1 is 1.11 bits per heavy atom. The lowest BCUT2D eigenvalue weighted by Crippen LogP contribution is -2.37. The average Bonchev–Trinajstić information content (AvgIpc) is 3.35. The molecule has 0 bridgehead atoms. The number of aromatic nitrogens is 3. The van der Waals surface area contributed by atoms with Gasteiger partial charge in [-0.1, -0.05) is 18.2 Å². The normalized spacial score (nSPS) is 15.3. The van der Waals surface area contributed by atoms with E-state index < -0.39 is 0 Å². The molecule has 0 aliphatic carbocycles. The Balaban J connectivity index is 1.21. The molecule has 7 nitrogen and oxygen atoms in total. The summed E-state index contributed by atoms with van der Waals surface area (Å²) in [6, 6.07) is 16.6. The maximum atomic E-state index is 6.05. The maximum absolute atomic E-state index is 6.05. The van der Waals surface area contributed by atoms with Crippen LogP contribution in [0, 0.1) is 6.92 Å². The minimum Gasteiger partial charge on any atom is -0.494 e. The van der Waals surface area contributed by atoms with Gasteiger partial charge in [0.1, 0.15) is 17.4 Å². The number of aryl methyl sites for hydroxylation is 1. The number of benzene rings is 2. The fourth-order valence-electron chi connectivity index (χ4n) is 4.29. The molecule has 1 aliphatic heterocycles. The fraction of sp³-hybridized carbons (Fsp3) is 0.370. The molecule has 1 N–H and O–H groups in total. The van der Waals surface area contributed by atoms with Crippen LogP contribution in [0.5, 0.6) is 5.75 Å². The van der Waals surface area contributed by atoms with Crippen LogP contribution in [0.4, 0.5) is 5.82 Å². The van der Waals surface area contributed by atoms with E-state index in [1.54, 1.807) is 11.3 Å². The molecular formula is C27H31N5O2S. The molecule has 1 fully saturated rings. The molecule has 1 unspecified atom stereocenters. The quantitative estimate of drug-likeness (QED) is 0.318. The summed E-state index contributed by atoms with van der Waals surface area (Å²) in [5.74, 6) is 2.44. The Morgan fingerprint density at radius 2 is 2.00 bits per heavy atom. The summed E-state index contributed by atoms with van der Waals surface area (Å²) in [4.78, 5) is 16.1. The molecule has 3 heterocycles. The van der Waals surface area contributed by atoms with Gasteiger partial charge in [-0.05, 0) is 50.1 Å². The van der Waals surface area contributed by atoms with Gasteiger partial charge in [-0.15, -0.1) is 11.3 Å². The number of anilines is 1. The molecule has 5 rings (SSSR count). The van der Waals surface area contributed by atoms with Gasteiger partial charge in [-0.2, -0.15) is 0 Å². The third-order valence-corrected chi connectivity index (χ3v) is 6.97. The first-order valence-electron chi connectivity index (χ1n) is 12.1. The van der Waals surface area contributed by atoms with Crippen molar-refractivity contribution in [3.63, 3.8) is 0 Å². The summed E-state index contributed by atoms with van der Waals surface area (Å²) < 4.78 is 12.6. The van der Waals surface area contributed by atoms with Gasteiger partial charge in [0, 0.05) is 31.3 Å². The minimum atomic E-state index is 0.0676. The first-order chi connectivity index (χ1) is 17.1. The lowest BCUT2D eigenvalue weighted by Gasteiger charge is -2.26. The first-order valence-corrected chi connectivity index (χ1v) is 13.0. The molecule has 2 aromatic heterocycles. The van der Waals surface area contributed by atoms with E-state index >= 15 is 0 Å². The van der Waals surface area contributed by atoms with E-state index in [-0.39, 0.29) is 6.04 Å². The summed E-state index contributed by atoms with van der Waals surface area (Å²) in [6.45, 7) is 9.53. The zero-order chi connectivity index (χ0) is 24.0. The Morgan fingerprint density at radius 3 is 2.89 bits per heavy atom. The zero-order valence-corrected chi connectivity index (χ0v) is 21.1. The van der Waals surface area contributed by atoms with Crippen LogP contribution in [0.2, 0.25) is 0 Å². The molecule has 4 aromatic rings. The summed E-state index contributed by atoms with van der Waals surface area (Å²) >= 11 is 1.64. The van der Waals surface area contributed by atoms with Crippen LogP contribution in [-0.4, -0.2) is 59.3 Å². The van der Waals surface area contributed by atoms with Gasteiger partial charge in [0.05, 0.1) is 47.3 Å². The van der Waals surface area contributed by atoms with E-state index in [9.17, 15) is 0 Å². The van der Waals surface area contributed by atoms with Gasteiger partial charge < -0.3 is 14.8 Å². The molecule has 0 amide bonds. The molecule has 1 atom stereocenters. The average molecular weight is 490 g/mol. The van der Waals surface area contributed by atoms with E-state index in [1.165, 1.54) is 0 Å². The molecule has 8 heteroatoms. The molecule has 1 saturated heterocycles. The van der Waals surface area contributed by atoms with E-state index in [1.807, 2.05) is 36.7 Å². The Labute approximate surface area is 210 Å². The number of nitrogens with zero attached hydrogens (tertiary/aromatic N) is 4. The van der Waals surface area contributed by atoms with E-state index in [0.717, 1.165) is 83.7 Å². The van der Waals surface area contributed by atoms with Crippen molar-refractivity contribution >= 4 is 27.4 Å². The molecule has 0 saturated carbocycles. The summed E-state index contributed by atoms with van der Waals surface area (Å²) in [5, 5.41) is 3.54. The Kier molecular flexibility index (Phi) is 7.51. The van der Waals surface area contributed by atoms with E-state index in [2.05, 4.69) is 56.4 Å². The van der Waals surface area contributed by atoms with Crippen molar-refractivity contribution in [1.82, 2.24) is 19.9 Å². The number of thiazole rings is 1. The molecule has 2 aromatic carbocycles. The van der Waals surface area contributed by atoms with Gasteiger partial charge in [-0.3, -0.25) is 4.90 Å². The topological polar surface area (TPSA) is 72.4 Å². The van der Waals surface area contributed by atoms with Crippen LogP contribution in [0.25, 0.3) is 21.5 Å². The number of hydrogen-bond donors (Lipinski definition) is 1. The van der Waals surface area contributed by atoms with Crippen molar-refractivity contribution in [2.45, 2.75) is 26.3 Å². The Hall–Kier alpha value is -3.07. The van der Waals surface area contributed by atoms with Crippen LogP contribution in [0.1, 0.15) is 30.8 Å². The number of morpholine rings is 1. The van der Waals surface area contributed by atoms with Crippen LogP contribution >= 0.6 is 11.3 Å². The van der Waals surface area contributed by atoms with Gasteiger partial charge in [0.25, 0.3) is 0 Å². The van der Waals surface area contributed by atoms with Crippen LogP contribution < -0.4 is 10.1 Å². The fourth-order valence-corrected chi connectivity index (χ4v) is 5.00. The molecule has 0 spiro atoms. The molecule has 182 valence electrons. The molecule has 35 heavy (non-hydrogen) atoms. The third kappa shape index (κ3) is 6.14. The van der Waals surface area contributed by atoms with E-state index in [4.69, 9.17) is 9.47 Å². The monoisotopic (exact) mass is 489 g/mol. The lowest BCUT2D eigenvalue weighted by atomic mass is 10.1. The number of fused-ring (bicyclic) bond motifs is 1. The largest absolute Gasteiger partial charge is 0.494 e. The second-order valence-electron chi connectivity index (χ2n) is 8.82. The van der Waals surface area contributed by atoms with Gasteiger partial charge >= 0.3 is 0 Å². The summed E-state index contributed by atoms with van der Waals surface area (Å²) in [7, 11) is 0. The predicted octanol–water partition coefficient (Wildman–Crippen LogP) is 5.34. The van der Waals surface area contributed by atoms with Gasteiger partial charge in [0.2, 0.25) is 0 Å². The zero-order valence-electron chi connectivity index (χ0n) is 20.2. The van der Waals surface area contributed by atoms with Gasteiger partial charge in [0.15, 0.2) is 0 Å². The third-order valence-electron chi connectivity index (χ3n) is 6.18. The van der Waals surface area contributed by atoms with Crippen LogP contribution in [0.15, 0.2) is 54.0 Å². The second-order valence-corrected chi connectivity index (χ2v) is 9.70. The van der Waals surface area contributed by atoms with E-state index in [0.29, 0.717) is 6.61 Å². The standard InChI is InChI=1S/C27H31N5O2S/c1-19(21-5-3-6-23(15-21)34-12-4-9-32-10-13-33-14-11-32)29-27-17-25(30-20(2)31-27)22-7-8-24-26(16-22)35-18-28-24/h3,5-8,15-19H,4,9-14H2,1-2H3,(H,29,30,31). The van der Waals surface area contributed by atoms with Crippen molar-refractivity contribution in [1.29, 1.82) is 0 Å². The predicted molar refractivity (Wildman–Crippen MR) is 141 cm³/mol. The Bertz CT molecular complexity index is 1270. The highest BCUT2D eigenvalue weighted by molar-refractivity contribution is 7.16. The van der Waals surface area contributed by atoms with Crippen molar-refractivity contribution in [3.8, 4) is 17.0 Å². The summed E-state index contributed by atoms with van der Waals surface area (Å²) in [6.07, 6.45) is 1.01. The van der Waals surface area contributed by atoms with Crippen molar-refractivity contribution in [3.05, 3.63) is 65.4 Å². The number of nitrogens with one attached hydrogen (secondary N) is 1. The van der Waals surface area contributed by atoms with Crippen LogP contribution in [-0.2, 0) is 4.74 Å². The first kappa shape index (κ1) is 23.7. The van der Waals surface area contributed by atoms with Crippen LogP contribution in [0.3, 0.4) is 0 Å². The smallest absolute Gasteiger partial charge is 0.130 e. The van der Waals surface area contributed by atoms with Crippen molar-refractivity contribution in [2.75, 3.05) is 44.8 Å². The highest BCUT2D eigenvalue weighted by Crippen LogP contribution is 2.28.